The molecule has 0 radical (unpaired) electrons. The summed E-state index contributed by atoms with van der Waals surface area (Å²) < 4.78 is 5.43. The quantitative estimate of drug-likeness (QED) is 0.762. The van der Waals surface area contributed by atoms with Gasteiger partial charge in [-0.3, -0.25) is 0 Å². The molecule has 0 aromatic heterocycles. The predicted molar refractivity (Wildman–Crippen MR) is 57.0 cm³/mol. The van der Waals surface area contributed by atoms with Crippen molar-refractivity contribution >= 4 is 11.5 Å². The zero-order valence-electron chi connectivity index (χ0n) is 8.70. The van der Waals surface area contributed by atoms with Crippen molar-refractivity contribution in [2.45, 2.75) is 13.8 Å². The summed E-state index contributed by atoms with van der Waals surface area (Å²) >= 11 is 0. The van der Waals surface area contributed by atoms with E-state index in [1.165, 1.54) is 0 Å². The minimum absolute atomic E-state index is 0.331. The molecule has 0 atom stereocenters. The van der Waals surface area contributed by atoms with Gasteiger partial charge in [0.15, 0.2) is 0 Å². The number of ether oxygens (including phenoxy) is 1. The van der Waals surface area contributed by atoms with Crippen LogP contribution >= 0.6 is 0 Å². The molecule has 0 amide bonds. The second-order valence-electron chi connectivity index (χ2n) is 3.69. The normalized spacial score (nSPS) is 13.9. The van der Waals surface area contributed by atoms with Crippen molar-refractivity contribution in [3.63, 3.8) is 0 Å². The summed E-state index contributed by atoms with van der Waals surface area (Å²) in [5.74, 6) is -0.223. The molecule has 0 aliphatic carbocycles. The second-order valence-corrected chi connectivity index (χ2v) is 3.69. The third kappa shape index (κ3) is 1.61. The van der Waals surface area contributed by atoms with Gasteiger partial charge in [0.2, 0.25) is 0 Å². The standard InChI is InChI=1S/C12H12O3/c1-7-5-8(2)11-9(12(13)14)3-4-15-10(11)6-7/h3,5-6H,4H2,1-2H3,(H,13,14). The Morgan fingerprint density at radius 1 is 1.40 bits per heavy atom. The van der Waals surface area contributed by atoms with Crippen LogP contribution in [-0.4, -0.2) is 17.7 Å². The number of hydrogen-bond acceptors (Lipinski definition) is 2. The van der Waals surface area contributed by atoms with Gasteiger partial charge in [-0.1, -0.05) is 6.07 Å². The number of benzene rings is 1. The van der Waals surface area contributed by atoms with Crippen LogP contribution in [0.3, 0.4) is 0 Å². The minimum Gasteiger partial charge on any atom is -0.489 e. The highest BCUT2D eigenvalue weighted by Crippen LogP contribution is 2.33. The Balaban J connectivity index is 2.64. The van der Waals surface area contributed by atoms with Crippen LogP contribution in [0.15, 0.2) is 18.2 Å². The van der Waals surface area contributed by atoms with Gasteiger partial charge in [-0.15, -0.1) is 0 Å². The molecule has 0 spiro atoms. The lowest BCUT2D eigenvalue weighted by atomic mass is 9.96. The maximum atomic E-state index is 11.0. The van der Waals surface area contributed by atoms with Crippen LogP contribution in [0, 0.1) is 13.8 Å². The van der Waals surface area contributed by atoms with Crippen LogP contribution in [0.4, 0.5) is 0 Å². The smallest absolute Gasteiger partial charge is 0.336 e. The largest absolute Gasteiger partial charge is 0.489 e. The van der Waals surface area contributed by atoms with Gasteiger partial charge < -0.3 is 9.84 Å². The zero-order chi connectivity index (χ0) is 11.0. The second kappa shape index (κ2) is 3.42. The molecule has 1 heterocycles. The Kier molecular flexibility index (Phi) is 2.23. The molecule has 3 nitrogen and oxygen atoms in total. The minimum atomic E-state index is -0.897. The van der Waals surface area contributed by atoms with E-state index in [9.17, 15) is 4.79 Å². The lowest BCUT2D eigenvalue weighted by Gasteiger charge is -2.19. The molecule has 78 valence electrons. The Labute approximate surface area is 88.0 Å². The van der Waals surface area contributed by atoms with Gasteiger partial charge >= 0.3 is 5.97 Å². The number of aryl methyl sites for hydroxylation is 2. The molecule has 1 N–H and O–H groups in total. The van der Waals surface area contributed by atoms with Crippen molar-refractivity contribution in [3.8, 4) is 5.75 Å². The Morgan fingerprint density at radius 3 is 2.80 bits per heavy atom. The van der Waals surface area contributed by atoms with Crippen molar-refractivity contribution in [1.82, 2.24) is 0 Å². The maximum absolute atomic E-state index is 11.0. The van der Waals surface area contributed by atoms with Crippen LogP contribution in [-0.2, 0) is 4.79 Å². The summed E-state index contributed by atoms with van der Waals surface area (Å²) in [5.41, 5.74) is 3.07. The molecule has 0 saturated heterocycles. The number of fused-ring (bicyclic) bond motifs is 1. The van der Waals surface area contributed by atoms with E-state index in [0.717, 1.165) is 11.1 Å². The Morgan fingerprint density at radius 2 is 2.13 bits per heavy atom. The molecular weight excluding hydrogens is 192 g/mol. The summed E-state index contributed by atoms with van der Waals surface area (Å²) in [4.78, 5) is 11.0. The number of carboxylic acids is 1. The third-order valence-corrected chi connectivity index (χ3v) is 2.47. The molecule has 2 rings (SSSR count). The fourth-order valence-corrected chi connectivity index (χ4v) is 1.90. The topological polar surface area (TPSA) is 46.5 Å². The van der Waals surface area contributed by atoms with Gasteiger partial charge in [0, 0.05) is 5.56 Å². The van der Waals surface area contributed by atoms with Crippen molar-refractivity contribution in [2.75, 3.05) is 6.61 Å². The molecule has 0 fully saturated rings. The Hall–Kier alpha value is -1.77. The van der Waals surface area contributed by atoms with Crippen LogP contribution in [0.1, 0.15) is 16.7 Å². The van der Waals surface area contributed by atoms with Gasteiger partial charge in [0.05, 0.1) is 5.57 Å². The van der Waals surface area contributed by atoms with Crippen LogP contribution in [0.2, 0.25) is 0 Å². The fourth-order valence-electron chi connectivity index (χ4n) is 1.90. The highest BCUT2D eigenvalue weighted by molar-refractivity contribution is 6.17. The van der Waals surface area contributed by atoms with Gasteiger partial charge in [0.25, 0.3) is 0 Å². The number of hydrogen-bond donors (Lipinski definition) is 1. The predicted octanol–water partition coefficient (Wildman–Crippen LogP) is 2.16. The monoisotopic (exact) mass is 204 g/mol. The van der Waals surface area contributed by atoms with E-state index < -0.39 is 5.97 Å². The first kappa shape index (κ1) is 9.77. The van der Waals surface area contributed by atoms with Crippen LogP contribution in [0.25, 0.3) is 5.57 Å². The first-order chi connectivity index (χ1) is 7.09. The Bertz CT molecular complexity index is 458. The molecule has 1 aliphatic heterocycles. The van der Waals surface area contributed by atoms with Gasteiger partial charge in [-0.05, 0) is 37.1 Å². The molecule has 0 bridgehead atoms. The van der Waals surface area contributed by atoms with Gasteiger partial charge in [0.1, 0.15) is 12.4 Å². The number of aliphatic carboxylic acids is 1. The first-order valence-corrected chi connectivity index (χ1v) is 4.77. The lowest BCUT2D eigenvalue weighted by molar-refractivity contribution is -0.130. The van der Waals surface area contributed by atoms with Crippen molar-refractivity contribution < 1.29 is 14.6 Å². The van der Waals surface area contributed by atoms with E-state index >= 15 is 0 Å². The summed E-state index contributed by atoms with van der Waals surface area (Å²) in [6.07, 6.45) is 1.60. The highest BCUT2D eigenvalue weighted by Gasteiger charge is 2.21. The SMILES string of the molecule is Cc1cc(C)c2c(c1)OCC=C2C(=O)O. The zero-order valence-corrected chi connectivity index (χ0v) is 8.70. The molecule has 1 aromatic rings. The van der Waals surface area contributed by atoms with Gasteiger partial charge in [-0.25, -0.2) is 4.79 Å². The highest BCUT2D eigenvalue weighted by atomic mass is 16.5. The summed E-state index contributed by atoms with van der Waals surface area (Å²) in [6.45, 7) is 4.20. The average molecular weight is 204 g/mol. The molecule has 1 aliphatic rings. The van der Waals surface area contributed by atoms with Crippen LogP contribution in [0.5, 0.6) is 5.75 Å². The molecule has 1 aromatic carbocycles. The number of carboxylic acid groups (broad SMARTS) is 1. The van der Waals surface area contributed by atoms with E-state index in [4.69, 9.17) is 9.84 Å². The molecule has 3 heteroatoms. The number of rotatable bonds is 1. The first-order valence-electron chi connectivity index (χ1n) is 4.77. The fraction of sp³-hybridized carbons (Fsp3) is 0.250. The third-order valence-electron chi connectivity index (χ3n) is 2.47. The summed E-state index contributed by atoms with van der Waals surface area (Å²) in [7, 11) is 0. The van der Waals surface area contributed by atoms with Gasteiger partial charge in [-0.2, -0.15) is 0 Å². The average Bonchev–Trinajstić information content (AvgIpc) is 2.16. The number of carbonyl (C=O) groups is 1. The molecule has 0 saturated carbocycles. The maximum Gasteiger partial charge on any atom is 0.336 e. The van der Waals surface area contributed by atoms with E-state index in [-0.39, 0.29) is 0 Å². The molecular formula is C12H12O3. The lowest BCUT2D eigenvalue weighted by Crippen LogP contribution is -2.11. The summed E-state index contributed by atoms with van der Waals surface area (Å²) in [6, 6.07) is 3.84. The summed E-state index contributed by atoms with van der Waals surface area (Å²) in [5, 5.41) is 9.05. The van der Waals surface area contributed by atoms with Crippen LogP contribution < -0.4 is 4.74 Å². The molecule has 0 unspecified atom stereocenters. The van der Waals surface area contributed by atoms with Crippen molar-refractivity contribution in [2.24, 2.45) is 0 Å². The molecule has 15 heavy (non-hydrogen) atoms. The van der Waals surface area contributed by atoms with E-state index in [0.29, 0.717) is 23.5 Å². The van der Waals surface area contributed by atoms with E-state index in [1.54, 1.807) is 6.08 Å². The van der Waals surface area contributed by atoms with Crippen molar-refractivity contribution in [3.05, 3.63) is 34.9 Å². The van der Waals surface area contributed by atoms with E-state index in [1.807, 2.05) is 26.0 Å². The van der Waals surface area contributed by atoms with Crippen molar-refractivity contribution in [1.29, 1.82) is 0 Å². The van der Waals surface area contributed by atoms with E-state index in [2.05, 4.69) is 0 Å².